The minimum Gasteiger partial charge on any atom is -0.345 e. The molecular formula is C15H16N6O2S. The van der Waals surface area contributed by atoms with Crippen molar-refractivity contribution in [2.75, 3.05) is 6.54 Å². The summed E-state index contributed by atoms with van der Waals surface area (Å²) in [6.45, 7) is 1.29. The summed E-state index contributed by atoms with van der Waals surface area (Å²) in [4.78, 5) is 7.36. The lowest BCUT2D eigenvalue weighted by Gasteiger charge is -2.26. The molecule has 0 amide bonds. The van der Waals surface area contributed by atoms with Gasteiger partial charge < -0.3 is 9.55 Å². The van der Waals surface area contributed by atoms with E-state index >= 15 is 0 Å². The topological polar surface area (TPSA) is 96.8 Å². The number of aromatic amines is 1. The van der Waals surface area contributed by atoms with Gasteiger partial charge in [0.2, 0.25) is 10.0 Å². The van der Waals surface area contributed by atoms with Crippen molar-refractivity contribution in [3.05, 3.63) is 36.2 Å². The molecule has 1 saturated carbocycles. The van der Waals surface area contributed by atoms with E-state index in [0.717, 1.165) is 24.5 Å². The Labute approximate surface area is 138 Å². The third-order valence-electron chi connectivity index (χ3n) is 4.72. The maximum Gasteiger partial charge on any atom is 0.245 e. The standard InChI is InChI=1S/C15H16N6O2S/c22-24(23,12-8-17-14-11(12)2-1-5-16-14)20-6-7-21-13(9-20)18-19-15(21)10-3-4-10/h1-2,5,8,10H,3-4,6-7,9H2,(H,16,17). The molecule has 1 fully saturated rings. The molecule has 124 valence electrons. The van der Waals surface area contributed by atoms with E-state index in [1.165, 1.54) is 10.5 Å². The van der Waals surface area contributed by atoms with Crippen LogP contribution >= 0.6 is 0 Å². The molecule has 0 radical (unpaired) electrons. The molecule has 0 unspecified atom stereocenters. The zero-order chi connectivity index (χ0) is 16.3. The predicted molar refractivity (Wildman–Crippen MR) is 85.7 cm³/mol. The van der Waals surface area contributed by atoms with Crippen LogP contribution in [0.15, 0.2) is 29.4 Å². The van der Waals surface area contributed by atoms with Crippen LogP contribution in [0.1, 0.15) is 30.4 Å². The van der Waals surface area contributed by atoms with Gasteiger partial charge in [-0.3, -0.25) is 0 Å². The van der Waals surface area contributed by atoms with Gasteiger partial charge in [-0.05, 0) is 25.0 Å². The fourth-order valence-corrected chi connectivity index (χ4v) is 4.83. The number of hydrogen-bond acceptors (Lipinski definition) is 5. The molecule has 9 heteroatoms. The highest BCUT2D eigenvalue weighted by Gasteiger charge is 2.35. The number of pyridine rings is 1. The van der Waals surface area contributed by atoms with E-state index in [4.69, 9.17) is 0 Å². The van der Waals surface area contributed by atoms with Crippen LogP contribution in [0.4, 0.5) is 0 Å². The molecule has 3 aromatic heterocycles. The van der Waals surface area contributed by atoms with E-state index in [1.807, 2.05) is 0 Å². The van der Waals surface area contributed by atoms with Crippen LogP contribution in [0.2, 0.25) is 0 Å². The SMILES string of the molecule is O=S(=O)(c1c[nH]c2ncccc12)N1CCn2c(nnc2C2CC2)C1. The molecule has 1 aliphatic heterocycles. The van der Waals surface area contributed by atoms with Crippen molar-refractivity contribution >= 4 is 21.1 Å². The number of nitrogens with zero attached hydrogens (tertiary/aromatic N) is 5. The fraction of sp³-hybridized carbons (Fsp3) is 0.400. The fourth-order valence-electron chi connectivity index (χ4n) is 3.29. The number of aromatic nitrogens is 5. The first-order valence-corrected chi connectivity index (χ1v) is 9.43. The summed E-state index contributed by atoms with van der Waals surface area (Å²) in [5.41, 5.74) is 0.576. The first-order valence-electron chi connectivity index (χ1n) is 7.99. The van der Waals surface area contributed by atoms with Gasteiger partial charge >= 0.3 is 0 Å². The molecule has 0 bridgehead atoms. The van der Waals surface area contributed by atoms with E-state index in [1.54, 1.807) is 18.3 Å². The third-order valence-corrected chi connectivity index (χ3v) is 6.61. The molecular weight excluding hydrogens is 328 g/mol. The molecule has 24 heavy (non-hydrogen) atoms. The lowest BCUT2D eigenvalue weighted by molar-refractivity contribution is 0.332. The van der Waals surface area contributed by atoms with Gasteiger partial charge in [-0.25, -0.2) is 13.4 Å². The van der Waals surface area contributed by atoms with Crippen molar-refractivity contribution in [1.82, 2.24) is 29.0 Å². The normalized spacial score (nSPS) is 18.8. The molecule has 0 atom stereocenters. The first-order chi connectivity index (χ1) is 11.6. The largest absolute Gasteiger partial charge is 0.345 e. The van der Waals surface area contributed by atoms with Crippen LogP contribution in [0.3, 0.4) is 0 Å². The zero-order valence-corrected chi connectivity index (χ0v) is 13.7. The summed E-state index contributed by atoms with van der Waals surface area (Å²) < 4.78 is 29.7. The van der Waals surface area contributed by atoms with Crippen LogP contribution < -0.4 is 0 Å². The lowest BCUT2D eigenvalue weighted by Crippen LogP contribution is -2.38. The average molecular weight is 344 g/mol. The predicted octanol–water partition coefficient (Wildman–Crippen LogP) is 1.24. The molecule has 8 nitrogen and oxygen atoms in total. The second-order valence-electron chi connectivity index (χ2n) is 6.29. The molecule has 0 spiro atoms. The maximum atomic E-state index is 13.0. The Balaban J connectivity index is 1.51. The van der Waals surface area contributed by atoms with Crippen molar-refractivity contribution in [3.63, 3.8) is 0 Å². The highest BCUT2D eigenvalue weighted by molar-refractivity contribution is 7.89. The quantitative estimate of drug-likeness (QED) is 0.771. The highest BCUT2D eigenvalue weighted by atomic mass is 32.2. The van der Waals surface area contributed by atoms with Crippen LogP contribution in [0.5, 0.6) is 0 Å². The van der Waals surface area contributed by atoms with Crippen molar-refractivity contribution in [2.24, 2.45) is 0 Å². The second-order valence-corrected chi connectivity index (χ2v) is 8.20. The van der Waals surface area contributed by atoms with Gasteiger partial charge in [0.25, 0.3) is 0 Å². The summed E-state index contributed by atoms with van der Waals surface area (Å²) >= 11 is 0. The van der Waals surface area contributed by atoms with E-state index in [0.29, 0.717) is 30.0 Å². The van der Waals surface area contributed by atoms with E-state index in [-0.39, 0.29) is 11.4 Å². The minimum atomic E-state index is -3.60. The Hall–Kier alpha value is -2.26. The molecule has 3 aromatic rings. The molecule has 0 saturated heterocycles. The monoisotopic (exact) mass is 344 g/mol. The van der Waals surface area contributed by atoms with E-state index in [2.05, 4.69) is 24.7 Å². The number of rotatable bonds is 3. The Bertz CT molecular complexity index is 1030. The number of sulfonamides is 1. The Morgan fingerprint density at radius 3 is 2.92 bits per heavy atom. The van der Waals surface area contributed by atoms with Gasteiger partial charge in [0.1, 0.15) is 22.2 Å². The van der Waals surface area contributed by atoms with Gasteiger partial charge in [-0.1, -0.05) is 0 Å². The van der Waals surface area contributed by atoms with Crippen LogP contribution in [-0.2, 0) is 23.1 Å². The zero-order valence-electron chi connectivity index (χ0n) is 12.9. The highest BCUT2D eigenvalue weighted by Crippen LogP contribution is 2.40. The van der Waals surface area contributed by atoms with Crippen molar-refractivity contribution in [2.45, 2.75) is 36.7 Å². The molecule has 4 heterocycles. The maximum absolute atomic E-state index is 13.0. The smallest absolute Gasteiger partial charge is 0.245 e. The number of fused-ring (bicyclic) bond motifs is 2. The van der Waals surface area contributed by atoms with Crippen LogP contribution in [0.25, 0.3) is 11.0 Å². The van der Waals surface area contributed by atoms with Crippen molar-refractivity contribution < 1.29 is 8.42 Å². The summed E-state index contributed by atoms with van der Waals surface area (Å²) in [7, 11) is -3.60. The first kappa shape index (κ1) is 14.1. The summed E-state index contributed by atoms with van der Waals surface area (Å²) in [6, 6.07) is 3.51. The van der Waals surface area contributed by atoms with Crippen LogP contribution in [-0.4, -0.2) is 44.0 Å². The summed E-state index contributed by atoms with van der Waals surface area (Å²) in [5, 5.41) is 9.09. The average Bonchev–Trinajstić information content (AvgIpc) is 3.20. The Kier molecular flexibility index (Phi) is 2.86. The second kappa shape index (κ2) is 4.87. The Morgan fingerprint density at radius 2 is 2.08 bits per heavy atom. The third kappa shape index (κ3) is 2.01. The number of nitrogens with one attached hydrogen (secondary N) is 1. The van der Waals surface area contributed by atoms with Gasteiger partial charge in [0.15, 0.2) is 0 Å². The van der Waals surface area contributed by atoms with Gasteiger partial charge in [0, 0.05) is 36.8 Å². The summed E-state index contributed by atoms with van der Waals surface area (Å²) in [5.74, 6) is 2.25. The Morgan fingerprint density at radius 1 is 1.21 bits per heavy atom. The lowest BCUT2D eigenvalue weighted by atomic mass is 10.3. The van der Waals surface area contributed by atoms with Gasteiger partial charge in [-0.15, -0.1) is 10.2 Å². The summed E-state index contributed by atoms with van der Waals surface area (Å²) in [6.07, 6.45) is 5.46. The molecule has 0 aromatic carbocycles. The van der Waals surface area contributed by atoms with E-state index < -0.39 is 10.0 Å². The molecule has 1 aliphatic carbocycles. The van der Waals surface area contributed by atoms with Crippen molar-refractivity contribution in [3.8, 4) is 0 Å². The van der Waals surface area contributed by atoms with Crippen LogP contribution in [0, 0.1) is 0 Å². The molecule has 2 aliphatic rings. The van der Waals surface area contributed by atoms with Crippen molar-refractivity contribution in [1.29, 1.82) is 0 Å². The number of H-pyrrole nitrogens is 1. The van der Waals surface area contributed by atoms with Gasteiger partial charge in [-0.2, -0.15) is 4.31 Å². The molecule has 5 rings (SSSR count). The number of hydrogen-bond donors (Lipinski definition) is 1. The van der Waals surface area contributed by atoms with E-state index in [9.17, 15) is 8.42 Å². The minimum absolute atomic E-state index is 0.259. The molecule has 1 N–H and O–H groups in total. The van der Waals surface area contributed by atoms with Gasteiger partial charge in [0.05, 0.1) is 6.54 Å².